The lowest BCUT2D eigenvalue weighted by atomic mass is 10.2. The summed E-state index contributed by atoms with van der Waals surface area (Å²) in [7, 11) is 1.88. The number of rotatable bonds is 3. The summed E-state index contributed by atoms with van der Waals surface area (Å²) in [6, 6.07) is 8.73. The number of benzene rings is 1. The monoisotopic (exact) mass is 285 g/mol. The van der Waals surface area contributed by atoms with Crippen LogP contribution in [0.2, 0.25) is 0 Å². The molecule has 1 aliphatic rings. The van der Waals surface area contributed by atoms with Gasteiger partial charge in [0.2, 0.25) is 0 Å². The zero-order valence-corrected chi connectivity index (χ0v) is 12.8. The normalized spacial score (nSPS) is 16.4. The first-order valence-corrected chi connectivity index (χ1v) is 7.44. The fourth-order valence-corrected chi connectivity index (χ4v) is 2.84. The van der Waals surface area contributed by atoms with Crippen LogP contribution < -0.4 is 10.6 Å². The molecule has 21 heavy (non-hydrogen) atoms. The average Bonchev–Trinajstić information content (AvgIpc) is 2.80. The molecule has 112 valence electrons. The summed E-state index contributed by atoms with van der Waals surface area (Å²) >= 11 is 0. The van der Waals surface area contributed by atoms with Gasteiger partial charge in [0.15, 0.2) is 0 Å². The fraction of sp³-hybridized carbons (Fsp3) is 0.438. The summed E-state index contributed by atoms with van der Waals surface area (Å²) in [4.78, 5) is 4.90. The van der Waals surface area contributed by atoms with E-state index in [4.69, 9.17) is 5.73 Å². The molecule has 1 saturated heterocycles. The molecule has 0 spiro atoms. The molecule has 1 aliphatic heterocycles. The van der Waals surface area contributed by atoms with Crippen molar-refractivity contribution in [3.05, 3.63) is 41.6 Å². The van der Waals surface area contributed by atoms with Crippen LogP contribution in [0.25, 0.3) is 0 Å². The van der Waals surface area contributed by atoms with E-state index in [0.717, 1.165) is 44.1 Å². The highest BCUT2D eigenvalue weighted by atomic mass is 15.3. The fourth-order valence-electron chi connectivity index (χ4n) is 2.84. The second-order valence-electron chi connectivity index (χ2n) is 5.78. The van der Waals surface area contributed by atoms with Gasteiger partial charge in [-0.15, -0.1) is 0 Å². The Kier molecular flexibility index (Phi) is 3.84. The van der Waals surface area contributed by atoms with E-state index in [1.165, 1.54) is 11.3 Å². The van der Waals surface area contributed by atoms with Crippen molar-refractivity contribution in [3.8, 4) is 0 Å². The molecule has 0 radical (unpaired) electrons. The van der Waals surface area contributed by atoms with Crippen molar-refractivity contribution in [3.63, 3.8) is 0 Å². The van der Waals surface area contributed by atoms with Gasteiger partial charge in [0.25, 0.3) is 0 Å². The summed E-state index contributed by atoms with van der Waals surface area (Å²) in [5.41, 5.74) is 9.79. The minimum Gasteiger partial charge on any atom is -0.384 e. The van der Waals surface area contributed by atoms with Crippen LogP contribution >= 0.6 is 0 Å². The molecule has 0 unspecified atom stereocenters. The molecule has 2 heterocycles. The van der Waals surface area contributed by atoms with E-state index in [9.17, 15) is 0 Å². The number of nitrogen functional groups attached to an aromatic ring is 1. The third-order valence-electron chi connectivity index (χ3n) is 4.20. The van der Waals surface area contributed by atoms with E-state index in [1.54, 1.807) is 4.68 Å². The Balaban J connectivity index is 1.59. The lowest BCUT2D eigenvalue weighted by Crippen LogP contribution is -2.46. The Morgan fingerprint density at radius 1 is 1.19 bits per heavy atom. The van der Waals surface area contributed by atoms with Crippen LogP contribution in [-0.4, -0.2) is 40.9 Å². The minimum absolute atomic E-state index is 0.774. The van der Waals surface area contributed by atoms with Crippen LogP contribution in [0, 0.1) is 6.92 Å². The zero-order valence-electron chi connectivity index (χ0n) is 12.8. The zero-order chi connectivity index (χ0) is 14.8. The van der Waals surface area contributed by atoms with E-state index < -0.39 is 0 Å². The van der Waals surface area contributed by atoms with Gasteiger partial charge in [-0.1, -0.05) is 12.1 Å². The summed E-state index contributed by atoms with van der Waals surface area (Å²) < 4.78 is 1.73. The molecule has 0 atom stereocenters. The molecule has 0 aliphatic carbocycles. The Morgan fingerprint density at radius 2 is 1.95 bits per heavy atom. The van der Waals surface area contributed by atoms with Crippen LogP contribution in [-0.2, 0) is 13.6 Å². The maximum Gasteiger partial charge on any atom is 0.125 e. The predicted octanol–water partition coefficient (Wildman–Crippen LogP) is 1.63. The lowest BCUT2D eigenvalue weighted by Gasteiger charge is -2.36. The van der Waals surface area contributed by atoms with Crippen LogP contribution in [0.5, 0.6) is 0 Å². The Bertz CT molecular complexity index is 611. The van der Waals surface area contributed by atoms with Gasteiger partial charge in [-0.3, -0.25) is 9.58 Å². The summed E-state index contributed by atoms with van der Waals surface area (Å²) in [6.45, 7) is 7.27. The van der Waals surface area contributed by atoms with Crippen molar-refractivity contribution in [2.24, 2.45) is 7.05 Å². The number of aromatic nitrogens is 2. The van der Waals surface area contributed by atoms with E-state index in [2.05, 4.69) is 46.1 Å². The average molecular weight is 285 g/mol. The lowest BCUT2D eigenvalue weighted by molar-refractivity contribution is 0.250. The van der Waals surface area contributed by atoms with Crippen LogP contribution in [0.4, 0.5) is 11.5 Å². The van der Waals surface area contributed by atoms with Crippen molar-refractivity contribution >= 4 is 11.5 Å². The number of hydrogen-bond donors (Lipinski definition) is 1. The van der Waals surface area contributed by atoms with Crippen LogP contribution in [0.15, 0.2) is 30.5 Å². The van der Waals surface area contributed by atoms with Crippen molar-refractivity contribution in [1.29, 1.82) is 0 Å². The molecular weight excluding hydrogens is 262 g/mol. The molecule has 2 N–H and O–H groups in total. The van der Waals surface area contributed by atoms with E-state index in [1.807, 2.05) is 13.2 Å². The van der Waals surface area contributed by atoms with Crippen molar-refractivity contribution in [1.82, 2.24) is 14.7 Å². The highest BCUT2D eigenvalue weighted by molar-refractivity contribution is 5.48. The number of anilines is 2. The van der Waals surface area contributed by atoms with Gasteiger partial charge in [-0.25, -0.2) is 0 Å². The third kappa shape index (κ3) is 3.03. The number of nitrogens with two attached hydrogens (primary N) is 1. The molecule has 1 fully saturated rings. The smallest absolute Gasteiger partial charge is 0.125 e. The van der Waals surface area contributed by atoms with Crippen molar-refractivity contribution in [2.45, 2.75) is 13.5 Å². The second kappa shape index (κ2) is 5.77. The largest absolute Gasteiger partial charge is 0.384 e. The highest BCUT2D eigenvalue weighted by Gasteiger charge is 2.18. The predicted molar refractivity (Wildman–Crippen MR) is 86.3 cm³/mol. The first-order valence-electron chi connectivity index (χ1n) is 7.44. The van der Waals surface area contributed by atoms with Gasteiger partial charge in [0.05, 0.1) is 6.20 Å². The van der Waals surface area contributed by atoms with E-state index in [-0.39, 0.29) is 0 Å². The van der Waals surface area contributed by atoms with Gasteiger partial charge >= 0.3 is 0 Å². The van der Waals surface area contributed by atoms with E-state index >= 15 is 0 Å². The molecule has 0 saturated carbocycles. The molecule has 5 nitrogen and oxygen atoms in total. The summed E-state index contributed by atoms with van der Waals surface area (Å²) in [5.74, 6) is 0.774. The molecule has 2 aromatic rings. The quantitative estimate of drug-likeness (QED) is 0.931. The van der Waals surface area contributed by atoms with Crippen molar-refractivity contribution in [2.75, 3.05) is 36.8 Å². The summed E-state index contributed by atoms with van der Waals surface area (Å²) in [5, 5.41) is 4.21. The molecule has 0 amide bonds. The van der Waals surface area contributed by atoms with Crippen LogP contribution in [0.3, 0.4) is 0 Å². The number of hydrogen-bond acceptors (Lipinski definition) is 4. The van der Waals surface area contributed by atoms with Gasteiger partial charge in [0, 0.05) is 51.0 Å². The molecule has 1 aromatic carbocycles. The standard InChI is InChI=1S/C16H23N5/c1-13-4-3-5-15(10-13)21-8-6-20(7-9-21)12-14-11-18-19(2)16(14)17/h3-5,10-11H,6-9,12,17H2,1-2H3. The number of nitrogens with zero attached hydrogens (tertiary/aromatic N) is 4. The van der Waals surface area contributed by atoms with Gasteiger partial charge in [-0.2, -0.15) is 5.10 Å². The van der Waals surface area contributed by atoms with E-state index in [0.29, 0.717) is 0 Å². The maximum atomic E-state index is 6.02. The summed E-state index contributed by atoms with van der Waals surface area (Å²) in [6.07, 6.45) is 1.88. The first-order chi connectivity index (χ1) is 10.1. The molecule has 3 rings (SSSR count). The number of aryl methyl sites for hydroxylation is 2. The van der Waals surface area contributed by atoms with Crippen molar-refractivity contribution < 1.29 is 0 Å². The third-order valence-corrected chi connectivity index (χ3v) is 4.20. The minimum atomic E-state index is 0.774. The SMILES string of the molecule is Cc1cccc(N2CCN(Cc3cnn(C)c3N)CC2)c1. The van der Waals surface area contributed by atoms with Gasteiger partial charge in [0.1, 0.15) is 5.82 Å². The Morgan fingerprint density at radius 3 is 2.57 bits per heavy atom. The maximum absolute atomic E-state index is 6.02. The first kappa shape index (κ1) is 13.9. The second-order valence-corrected chi connectivity index (χ2v) is 5.78. The number of piperazine rings is 1. The molecule has 5 heteroatoms. The molecule has 0 bridgehead atoms. The topological polar surface area (TPSA) is 50.3 Å². The molecular formula is C16H23N5. The molecule has 1 aromatic heterocycles. The Hall–Kier alpha value is -2.01. The van der Waals surface area contributed by atoms with Gasteiger partial charge in [-0.05, 0) is 24.6 Å². The van der Waals surface area contributed by atoms with Gasteiger partial charge < -0.3 is 10.6 Å². The van der Waals surface area contributed by atoms with Crippen LogP contribution in [0.1, 0.15) is 11.1 Å². The Labute approximate surface area is 126 Å². The highest BCUT2D eigenvalue weighted by Crippen LogP contribution is 2.19.